The summed E-state index contributed by atoms with van der Waals surface area (Å²) >= 11 is 1.85. The van der Waals surface area contributed by atoms with E-state index >= 15 is 0 Å². The molecule has 0 saturated heterocycles. The van der Waals surface area contributed by atoms with Crippen LogP contribution in [0.5, 0.6) is 11.5 Å². The van der Waals surface area contributed by atoms with Crippen molar-refractivity contribution in [2.45, 2.75) is 0 Å². The van der Waals surface area contributed by atoms with Crippen molar-refractivity contribution in [3.05, 3.63) is 195 Å². The average molecular weight is 765 g/mol. The number of anilines is 3. The van der Waals surface area contributed by atoms with Crippen molar-refractivity contribution in [1.82, 2.24) is 14.4 Å². The molecular formula is C50H32N4OSSi. The van der Waals surface area contributed by atoms with Crippen LogP contribution in [-0.4, -0.2) is 22.4 Å². The molecule has 11 aromatic rings. The summed E-state index contributed by atoms with van der Waals surface area (Å²) in [5.41, 5.74) is 4.22. The van der Waals surface area contributed by atoms with Gasteiger partial charge in [0.15, 0.2) is 8.07 Å². The summed E-state index contributed by atoms with van der Waals surface area (Å²) in [6.07, 6.45) is 5.83. The molecule has 4 aromatic heterocycles. The molecular weight excluding hydrogens is 733 g/mol. The first-order valence-electron chi connectivity index (χ1n) is 19.1. The first-order chi connectivity index (χ1) is 28.3. The number of hydrogen-bond donors (Lipinski definition) is 0. The summed E-state index contributed by atoms with van der Waals surface area (Å²) in [6, 6.07) is 63.5. The van der Waals surface area contributed by atoms with E-state index in [0.29, 0.717) is 0 Å². The predicted molar refractivity (Wildman–Crippen MR) is 239 cm³/mol. The van der Waals surface area contributed by atoms with Crippen molar-refractivity contribution in [2.24, 2.45) is 0 Å². The van der Waals surface area contributed by atoms with Crippen molar-refractivity contribution in [1.29, 1.82) is 0 Å². The second-order valence-corrected chi connectivity index (χ2v) is 19.4. The molecule has 12 rings (SSSR count). The van der Waals surface area contributed by atoms with Crippen molar-refractivity contribution >= 4 is 105 Å². The Morgan fingerprint density at radius 3 is 2.11 bits per heavy atom. The van der Waals surface area contributed by atoms with Gasteiger partial charge < -0.3 is 4.74 Å². The molecule has 0 bridgehead atoms. The zero-order valence-corrected chi connectivity index (χ0v) is 32.4. The van der Waals surface area contributed by atoms with E-state index in [-0.39, 0.29) is 0 Å². The summed E-state index contributed by atoms with van der Waals surface area (Å²) in [6.45, 7) is 0. The smallest absolute Gasteiger partial charge is 0.186 e. The zero-order chi connectivity index (χ0) is 37.5. The molecule has 7 aromatic carbocycles. The maximum atomic E-state index is 6.78. The van der Waals surface area contributed by atoms with Crippen LogP contribution in [0, 0.1) is 0 Å². The van der Waals surface area contributed by atoms with E-state index < -0.39 is 8.07 Å². The van der Waals surface area contributed by atoms with Crippen LogP contribution in [-0.2, 0) is 0 Å². The van der Waals surface area contributed by atoms with Gasteiger partial charge in [0.1, 0.15) is 23.0 Å². The molecule has 268 valence electrons. The third-order valence-electron chi connectivity index (χ3n) is 11.6. The molecule has 57 heavy (non-hydrogen) atoms. The number of thiophene rings is 1. The molecule has 0 fully saturated rings. The van der Waals surface area contributed by atoms with Crippen LogP contribution in [0.25, 0.3) is 47.5 Å². The van der Waals surface area contributed by atoms with Gasteiger partial charge in [-0.2, -0.15) is 0 Å². The van der Waals surface area contributed by atoms with E-state index in [2.05, 4.69) is 179 Å². The van der Waals surface area contributed by atoms with E-state index in [1.54, 1.807) is 0 Å². The number of para-hydroxylation sites is 1. The number of fused-ring (bicyclic) bond motifs is 12. The highest BCUT2D eigenvalue weighted by Crippen LogP contribution is 2.47. The number of ether oxygens (including phenoxy) is 1. The molecule has 1 aliphatic rings. The van der Waals surface area contributed by atoms with Gasteiger partial charge in [-0.05, 0) is 80.7 Å². The van der Waals surface area contributed by atoms with Crippen LogP contribution in [0.2, 0.25) is 0 Å². The molecule has 0 unspecified atom stereocenters. The number of imidazole rings is 1. The molecule has 0 amide bonds. The van der Waals surface area contributed by atoms with E-state index in [0.717, 1.165) is 44.9 Å². The van der Waals surface area contributed by atoms with Crippen LogP contribution < -0.4 is 30.4 Å². The number of rotatable bonds is 5. The lowest BCUT2D eigenvalue weighted by atomic mass is 10.1. The van der Waals surface area contributed by atoms with Gasteiger partial charge in [0.05, 0.1) is 16.9 Å². The molecule has 1 aliphatic heterocycles. The Morgan fingerprint density at radius 1 is 0.509 bits per heavy atom. The van der Waals surface area contributed by atoms with Gasteiger partial charge in [0.2, 0.25) is 0 Å². The Labute approximate surface area is 333 Å². The summed E-state index contributed by atoms with van der Waals surface area (Å²) in [5.74, 6) is 2.44. The van der Waals surface area contributed by atoms with Crippen LogP contribution in [0.4, 0.5) is 17.2 Å². The maximum Gasteiger partial charge on any atom is 0.186 e. The summed E-state index contributed by atoms with van der Waals surface area (Å²) in [5, 5.41) is 11.1. The Bertz CT molecular complexity index is 3320. The zero-order valence-electron chi connectivity index (χ0n) is 30.6. The van der Waals surface area contributed by atoms with Crippen molar-refractivity contribution < 1.29 is 4.74 Å². The van der Waals surface area contributed by atoms with Gasteiger partial charge in [0.25, 0.3) is 0 Å². The second-order valence-electron chi connectivity index (χ2n) is 14.6. The SMILES string of the molecule is c1ccc([Si]2(c3ccccc3)c3cccnc3N(c3cccc(Oc4ccc5c6ccccc6n6ccnc6c5c4)c3)c3c2ccc2sc4ccccc4c32)cc1. The molecule has 0 saturated carbocycles. The van der Waals surface area contributed by atoms with Gasteiger partial charge >= 0.3 is 0 Å². The molecule has 0 aliphatic carbocycles. The fourth-order valence-electron chi connectivity index (χ4n) is 9.31. The molecule has 0 radical (unpaired) electrons. The van der Waals surface area contributed by atoms with Crippen molar-refractivity contribution in [3.8, 4) is 11.5 Å². The standard InChI is InChI=1S/C50H32N4OSSi/c1-3-15-36(16-4-1)57(37-17-5-2-6-18-37)45-27-26-44-47(40-20-8-10-22-43(40)56-44)48(45)54(50-46(57)23-12-28-51-50)33-13-11-14-34(31-33)55-35-24-25-38-39-19-7-9-21-42(39)53-30-29-52-49(53)41(38)32-35/h1-32H. The van der Waals surface area contributed by atoms with Gasteiger partial charge in [-0.3, -0.25) is 9.30 Å². The van der Waals surface area contributed by atoms with E-state index in [1.807, 2.05) is 36.0 Å². The lowest BCUT2D eigenvalue weighted by Crippen LogP contribution is -2.77. The minimum atomic E-state index is -2.90. The number of aromatic nitrogens is 3. The number of nitrogens with zero attached hydrogens (tertiary/aromatic N) is 4. The summed E-state index contributed by atoms with van der Waals surface area (Å²) < 4.78 is 11.5. The van der Waals surface area contributed by atoms with Crippen LogP contribution in [0.15, 0.2) is 195 Å². The highest BCUT2D eigenvalue weighted by Gasteiger charge is 2.50. The van der Waals surface area contributed by atoms with E-state index in [1.165, 1.54) is 52.0 Å². The van der Waals surface area contributed by atoms with Crippen molar-refractivity contribution in [2.75, 3.05) is 4.90 Å². The number of hydrogen-bond acceptors (Lipinski definition) is 5. The fourth-order valence-corrected chi connectivity index (χ4v) is 15.5. The first-order valence-corrected chi connectivity index (χ1v) is 22.0. The predicted octanol–water partition coefficient (Wildman–Crippen LogP) is 10.4. The Balaban J connectivity index is 1.09. The molecule has 0 N–H and O–H groups in total. The lowest BCUT2D eigenvalue weighted by Gasteiger charge is -2.44. The van der Waals surface area contributed by atoms with Gasteiger partial charge in [-0.15, -0.1) is 11.3 Å². The maximum absolute atomic E-state index is 6.78. The minimum Gasteiger partial charge on any atom is -0.457 e. The summed E-state index contributed by atoms with van der Waals surface area (Å²) in [7, 11) is -2.90. The first kappa shape index (κ1) is 32.2. The molecule has 0 atom stereocenters. The topological polar surface area (TPSA) is 42.7 Å². The highest BCUT2D eigenvalue weighted by atomic mass is 32.1. The second kappa shape index (κ2) is 12.5. The average Bonchev–Trinajstić information content (AvgIpc) is 3.93. The normalized spacial score (nSPS) is 13.4. The van der Waals surface area contributed by atoms with Gasteiger partial charge in [-0.1, -0.05) is 115 Å². The van der Waals surface area contributed by atoms with Gasteiger partial charge in [-0.25, -0.2) is 9.97 Å². The van der Waals surface area contributed by atoms with Crippen molar-refractivity contribution in [3.63, 3.8) is 0 Å². The largest absolute Gasteiger partial charge is 0.457 e. The molecule has 0 spiro atoms. The Hall–Kier alpha value is -7.06. The highest BCUT2D eigenvalue weighted by molar-refractivity contribution is 7.26. The third-order valence-corrected chi connectivity index (χ3v) is 17.5. The van der Waals surface area contributed by atoms with Crippen LogP contribution in [0.1, 0.15) is 0 Å². The van der Waals surface area contributed by atoms with E-state index in [4.69, 9.17) is 14.7 Å². The summed E-state index contributed by atoms with van der Waals surface area (Å²) in [4.78, 5) is 12.5. The van der Waals surface area contributed by atoms with Gasteiger partial charge in [0, 0.05) is 55.6 Å². The number of benzene rings is 7. The third kappa shape index (κ3) is 4.67. The van der Waals surface area contributed by atoms with Crippen LogP contribution in [0.3, 0.4) is 0 Å². The Kier molecular flexibility index (Phi) is 7.05. The monoisotopic (exact) mass is 764 g/mol. The molecule has 7 heteroatoms. The quantitative estimate of drug-likeness (QED) is 0.129. The lowest BCUT2D eigenvalue weighted by molar-refractivity contribution is 0.483. The fraction of sp³-hybridized carbons (Fsp3) is 0. The molecule has 5 nitrogen and oxygen atoms in total. The molecule has 5 heterocycles. The van der Waals surface area contributed by atoms with Crippen LogP contribution >= 0.6 is 11.3 Å². The number of pyridine rings is 2. The van der Waals surface area contributed by atoms with E-state index in [9.17, 15) is 0 Å². The Morgan fingerprint density at radius 2 is 1.26 bits per heavy atom. The minimum absolute atomic E-state index is 0.744.